The molecule has 1 amide bonds. The maximum absolute atomic E-state index is 15.7. The number of nitrogens with zero attached hydrogens (tertiary/aromatic N) is 6. The number of fused-ring (bicyclic) bond motifs is 1. The van der Waals surface area contributed by atoms with E-state index in [4.69, 9.17) is 29.0 Å². The molecule has 19 heteroatoms. The predicted octanol–water partition coefficient (Wildman–Crippen LogP) is 7.38. The highest BCUT2D eigenvalue weighted by molar-refractivity contribution is 7.90. The number of aromatic amines is 1. The van der Waals surface area contributed by atoms with Gasteiger partial charge in [-0.1, -0.05) is 54.6 Å². The number of benzene rings is 5. The topological polar surface area (TPSA) is 213 Å². The molecule has 2 aromatic heterocycles. The van der Waals surface area contributed by atoms with Crippen molar-refractivity contribution >= 4 is 38.2 Å². The number of ether oxygens (including phenoxy) is 4. The SMILES string of the molecule is COc1ccc(CN(Cc2ccc(OC)cc2)S(=O)(=O)c2c(S(=O)O)ccc(-c3cccc4[nH]c(CC(C)NC(=O)OC(C)(C)C)nc34)c2-c2nnn(Cc3ccc(OC)cc3)n2)cc1. The van der Waals surface area contributed by atoms with E-state index < -0.39 is 37.7 Å². The molecule has 7 rings (SSSR count). The first-order chi connectivity index (χ1) is 31.0. The van der Waals surface area contributed by atoms with Crippen LogP contribution in [0.1, 0.15) is 50.2 Å². The smallest absolute Gasteiger partial charge is 0.407 e. The molecule has 0 aliphatic heterocycles. The molecule has 0 saturated heterocycles. The average molecular weight is 923 g/mol. The summed E-state index contributed by atoms with van der Waals surface area (Å²) in [5.74, 6) is 2.25. The summed E-state index contributed by atoms with van der Waals surface area (Å²) in [6, 6.07) is 29.1. The van der Waals surface area contributed by atoms with Crippen molar-refractivity contribution in [2.45, 2.75) is 75.2 Å². The predicted molar refractivity (Wildman–Crippen MR) is 244 cm³/mol. The third-order valence-corrected chi connectivity index (χ3v) is 12.9. The van der Waals surface area contributed by atoms with Gasteiger partial charge in [0.25, 0.3) is 0 Å². The fraction of sp³-hybridized carbons (Fsp3) is 0.283. The van der Waals surface area contributed by atoms with E-state index in [0.29, 0.717) is 62.8 Å². The van der Waals surface area contributed by atoms with Gasteiger partial charge in [-0.3, -0.25) is 0 Å². The number of nitrogens with one attached hydrogen (secondary N) is 2. The Morgan fingerprint density at radius 2 is 1.40 bits per heavy atom. The zero-order valence-corrected chi connectivity index (χ0v) is 38.6. The van der Waals surface area contributed by atoms with Crippen LogP contribution in [0.25, 0.3) is 33.5 Å². The van der Waals surface area contributed by atoms with Gasteiger partial charge in [-0.05, 0) is 104 Å². The highest BCUT2D eigenvalue weighted by Crippen LogP contribution is 2.42. The number of tetrazole rings is 1. The average Bonchev–Trinajstić information content (AvgIpc) is 3.92. The van der Waals surface area contributed by atoms with Gasteiger partial charge >= 0.3 is 6.09 Å². The van der Waals surface area contributed by atoms with Crippen LogP contribution in [-0.4, -0.2) is 90.7 Å². The van der Waals surface area contributed by atoms with E-state index in [0.717, 1.165) is 5.56 Å². The van der Waals surface area contributed by atoms with Crippen molar-refractivity contribution in [3.05, 3.63) is 126 Å². The van der Waals surface area contributed by atoms with Gasteiger partial charge in [-0.25, -0.2) is 22.4 Å². The van der Waals surface area contributed by atoms with Gasteiger partial charge in [-0.15, -0.1) is 10.2 Å². The van der Waals surface area contributed by atoms with E-state index in [-0.39, 0.29) is 42.0 Å². The molecule has 0 bridgehead atoms. The lowest BCUT2D eigenvalue weighted by atomic mass is 9.98. The van der Waals surface area contributed by atoms with E-state index >= 15 is 8.42 Å². The fourth-order valence-corrected chi connectivity index (χ4v) is 9.83. The van der Waals surface area contributed by atoms with Crippen molar-refractivity contribution in [3.8, 4) is 39.8 Å². The number of para-hydroxylation sites is 1. The van der Waals surface area contributed by atoms with E-state index in [1.807, 2.05) is 25.1 Å². The standard InChI is InChI=1S/C46H50N8O9S2/c1-29(47-45(55)63-46(2,3)4)25-40-48-38-10-8-9-37(42(38)49-40)36-23-24-39(64(56)57)43(41(36)44-50-52-54(51-44)28-32-15-21-35(62-7)22-16-32)65(58,59)53(26-30-11-17-33(60-5)18-12-30)27-31-13-19-34(61-6)20-14-31/h8-24,29H,25-28H2,1-7H3,(H,47,55)(H,48,49)(H,56,57). The summed E-state index contributed by atoms with van der Waals surface area (Å²) in [5.41, 5.74) is 3.18. The van der Waals surface area contributed by atoms with Gasteiger partial charge in [-0.2, -0.15) is 9.10 Å². The second-order valence-corrected chi connectivity index (χ2v) is 19.0. The Kier molecular flexibility index (Phi) is 14.0. The van der Waals surface area contributed by atoms with Gasteiger partial charge in [0.2, 0.25) is 15.8 Å². The number of alkyl carbamates (subject to hydrolysis) is 1. The molecule has 5 aromatic carbocycles. The molecule has 2 unspecified atom stereocenters. The first kappa shape index (κ1) is 46.3. The molecule has 0 spiro atoms. The Morgan fingerprint density at radius 1 is 0.831 bits per heavy atom. The van der Waals surface area contributed by atoms with Crippen molar-refractivity contribution in [2.24, 2.45) is 0 Å². The Morgan fingerprint density at radius 3 is 1.94 bits per heavy atom. The molecule has 0 saturated carbocycles. The third-order valence-electron chi connectivity index (χ3n) is 10.2. The largest absolute Gasteiger partial charge is 0.497 e. The normalized spacial score (nSPS) is 12.8. The summed E-state index contributed by atoms with van der Waals surface area (Å²) in [6.45, 7) is 7.06. The van der Waals surface area contributed by atoms with E-state index in [1.54, 1.807) is 107 Å². The minimum absolute atomic E-state index is 0.0580. The lowest BCUT2D eigenvalue weighted by molar-refractivity contribution is 0.0508. The Bertz CT molecular complexity index is 2870. The van der Waals surface area contributed by atoms with Crippen LogP contribution in [-0.2, 0) is 51.9 Å². The molecular formula is C46H50N8O9S2. The van der Waals surface area contributed by atoms with Crippen LogP contribution in [0.15, 0.2) is 113 Å². The zero-order chi connectivity index (χ0) is 46.5. The molecule has 3 N–H and O–H groups in total. The van der Waals surface area contributed by atoms with Crippen LogP contribution in [0, 0.1) is 0 Å². The van der Waals surface area contributed by atoms with Gasteiger partial charge < -0.3 is 33.8 Å². The van der Waals surface area contributed by atoms with Crippen LogP contribution in [0.3, 0.4) is 0 Å². The van der Waals surface area contributed by atoms with Crippen molar-refractivity contribution in [1.29, 1.82) is 0 Å². The number of methoxy groups -OCH3 is 3. The highest BCUT2D eigenvalue weighted by Gasteiger charge is 2.36. The molecule has 17 nitrogen and oxygen atoms in total. The summed E-state index contributed by atoms with van der Waals surface area (Å²) in [6.07, 6.45) is -0.267. The van der Waals surface area contributed by atoms with Crippen molar-refractivity contribution in [1.82, 2.24) is 39.8 Å². The summed E-state index contributed by atoms with van der Waals surface area (Å²) in [5, 5.41) is 16.3. The number of H-pyrrole nitrogens is 1. The fourth-order valence-electron chi connectivity index (χ4n) is 7.18. The van der Waals surface area contributed by atoms with Crippen LogP contribution < -0.4 is 19.5 Å². The number of hydrogen-bond donors (Lipinski definition) is 3. The molecule has 0 aliphatic carbocycles. The van der Waals surface area contributed by atoms with Gasteiger partial charge in [0.15, 0.2) is 11.1 Å². The second-order valence-electron chi connectivity index (χ2n) is 16.2. The van der Waals surface area contributed by atoms with Crippen LogP contribution in [0.2, 0.25) is 0 Å². The summed E-state index contributed by atoms with van der Waals surface area (Å²) >= 11 is -2.82. The lowest BCUT2D eigenvalue weighted by Gasteiger charge is -2.25. The molecule has 2 atom stereocenters. The minimum Gasteiger partial charge on any atom is -0.497 e. The number of hydrogen-bond acceptors (Lipinski definition) is 12. The maximum Gasteiger partial charge on any atom is 0.407 e. The van der Waals surface area contributed by atoms with Gasteiger partial charge in [0.05, 0.1) is 49.4 Å². The van der Waals surface area contributed by atoms with Crippen LogP contribution in [0.4, 0.5) is 4.79 Å². The first-order valence-corrected chi connectivity index (χ1v) is 23.0. The molecule has 7 aromatic rings. The zero-order valence-electron chi connectivity index (χ0n) is 36.9. The van der Waals surface area contributed by atoms with Gasteiger partial charge in [0.1, 0.15) is 33.6 Å². The van der Waals surface area contributed by atoms with Crippen molar-refractivity contribution in [2.75, 3.05) is 21.3 Å². The Labute approximate surface area is 379 Å². The number of imidazole rings is 1. The first-order valence-electron chi connectivity index (χ1n) is 20.5. The van der Waals surface area contributed by atoms with Gasteiger partial charge in [0, 0.05) is 31.1 Å². The molecule has 2 heterocycles. The molecule has 65 heavy (non-hydrogen) atoms. The monoisotopic (exact) mass is 922 g/mol. The number of carbonyl (C=O) groups is 1. The Hall–Kier alpha value is -6.67. The van der Waals surface area contributed by atoms with E-state index in [2.05, 4.69) is 20.6 Å². The summed E-state index contributed by atoms with van der Waals surface area (Å²) in [4.78, 5) is 21.3. The highest BCUT2D eigenvalue weighted by atomic mass is 32.2. The number of amides is 1. The summed E-state index contributed by atoms with van der Waals surface area (Å²) < 4.78 is 78.4. The minimum atomic E-state index is -4.75. The number of aromatic nitrogens is 6. The molecule has 0 aliphatic rings. The third kappa shape index (κ3) is 11.0. The molecule has 340 valence electrons. The maximum atomic E-state index is 15.7. The molecule has 0 fully saturated rings. The number of sulfonamides is 1. The second kappa shape index (κ2) is 19.6. The summed E-state index contributed by atoms with van der Waals surface area (Å²) in [7, 11) is -0.107. The Balaban J connectivity index is 1.41. The van der Waals surface area contributed by atoms with Crippen LogP contribution in [0.5, 0.6) is 17.2 Å². The lowest BCUT2D eigenvalue weighted by Crippen LogP contribution is -2.38. The number of carbonyl (C=O) groups excluding carboxylic acids is 1. The van der Waals surface area contributed by atoms with Crippen LogP contribution >= 0.6 is 0 Å². The van der Waals surface area contributed by atoms with Crippen molar-refractivity contribution in [3.63, 3.8) is 0 Å². The van der Waals surface area contributed by atoms with Crippen molar-refractivity contribution < 1.29 is 40.9 Å². The van der Waals surface area contributed by atoms with E-state index in [9.17, 15) is 13.6 Å². The number of rotatable bonds is 17. The molecular weight excluding hydrogens is 873 g/mol. The molecule has 0 radical (unpaired) electrons. The quantitative estimate of drug-likeness (QED) is 0.0762. The van der Waals surface area contributed by atoms with E-state index in [1.165, 1.54) is 29.4 Å².